The minimum absolute atomic E-state index is 0.106. The number of halogens is 6. The lowest BCUT2D eigenvalue weighted by molar-refractivity contribution is -0.143. The number of piperidine rings is 1. The average Bonchev–Trinajstić information content (AvgIpc) is 2.69. The molecule has 3 unspecified atom stereocenters. The highest BCUT2D eigenvalue weighted by Crippen LogP contribution is 2.36. The molecule has 192 valence electrons. The van der Waals surface area contributed by atoms with Crippen molar-refractivity contribution in [2.75, 3.05) is 0 Å². The second-order valence-electron chi connectivity index (χ2n) is 9.59. The van der Waals surface area contributed by atoms with Crippen molar-refractivity contribution in [3.63, 3.8) is 0 Å². The van der Waals surface area contributed by atoms with E-state index in [9.17, 15) is 31.1 Å². The second-order valence-corrected chi connectivity index (χ2v) is 9.59. The van der Waals surface area contributed by atoms with E-state index in [1.807, 2.05) is 6.92 Å². The largest absolute Gasteiger partial charge is 0.444 e. The number of nitrogens with one attached hydrogen (secondary N) is 1. The molecule has 1 aliphatic rings. The Kier molecular flexibility index (Phi) is 8.72. The summed E-state index contributed by atoms with van der Waals surface area (Å²) in [6.07, 6.45) is -6.49. The highest BCUT2D eigenvalue weighted by molar-refractivity contribution is 5.69. The summed E-state index contributed by atoms with van der Waals surface area (Å²) in [5.74, 6) is 0. The molecule has 1 N–H and O–H groups in total. The van der Waals surface area contributed by atoms with Crippen molar-refractivity contribution in [2.45, 2.75) is 96.0 Å². The Morgan fingerprint density at radius 3 is 2.03 bits per heavy atom. The number of hydrogen-bond donors (Lipinski definition) is 1. The Morgan fingerprint density at radius 2 is 1.59 bits per heavy atom. The van der Waals surface area contributed by atoms with Gasteiger partial charge in [0.2, 0.25) is 0 Å². The predicted octanol–water partition coefficient (Wildman–Crippen LogP) is 6.94. The number of carbonyl (C=O) groups excluding carboxylic acids is 1. The van der Waals surface area contributed by atoms with Crippen LogP contribution in [0.1, 0.15) is 70.1 Å². The van der Waals surface area contributed by atoms with Crippen LogP contribution in [0.2, 0.25) is 0 Å². The summed E-state index contributed by atoms with van der Waals surface area (Å²) in [6, 6.07) is 0.926. The van der Waals surface area contributed by atoms with E-state index in [2.05, 4.69) is 11.9 Å². The van der Waals surface area contributed by atoms with E-state index in [4.69, 9.17) is 4.74 Å². The molecule has 1 fully saturated rings. The summed E-state index contributed by atoms with van der Waals surface area (Å²) >= 11 is 0. The van der Waals surface area contributed by atoms with Crippen LogP contribution in [0.5, 0.6) is 0 Å². The quantitative estimate of drug-likeness (QED) is 0.344. The monoisotopic (exact) mass is 494 g/mol. The van der Waals surface area contributed by atoms with Gasteiger partial charge in [-0.1, -0.05) is 13.0 Å². The van der Waals surface area contributed by atoms with Gasteiger partial charge in [-0.2, -0.15) is 26.3 Å². The number of alkyl halides is 6. The highest BCUT2D eigenvalue weighted by atomic mass is 19.4. The van der Waals surface area contributed by atoms with E-state index in [1.165, 1.54) is 0 Å². The van der Waals surface area contributed by atoms with Crippen molar-refractivity contribution in [3.8, 4) is 0 Å². The molecule has 10 heteroatoms. The van der Waals surface area contributed by atoms with E-state index in [0.717, 1.165) is 12.1 Å². The molecule has 34 heavy (non-hydrogen) atoms. The van der Waals surface area contributed by atoms with Gasteiger partial charge < -0.3 is 15.0 Å². The smallest absolute Gasteiger partial charge is 0.416 e. The van der Waals surface area contributed by atoms with Crippen LogP contribution >= 0.6 is 0 Å². The summed E-state index contributed by atoms with van der Waals surface area (Å²) in [6.45, 7) is 10.8. The van der Waals surface area contributed by atoms with Crippen molar-refractivity contribution in [1.82, 2.24) is 10.2 Å². The molecule has 3 atom stereocenters. The summed E-state index contributed by atoms with van der Waals surface area (Å²) in [5.41, 5.74) is -3.46. The lowest BCUT2D eigenvalue weighted by atomic mass is 9.88. The van der Waals surface area contributed by atoms with Gasteiger partial charge in [0.05, 0.1) is 11.1 Å². The number of likely N-dealkylation sites (tertiary alicyclic amines) is 1. The Balaban J connectivity index is 2.22. The molecule has 0 spiro atoms. The number of nitrogens with zero attached hydrogens (tertiary/aromatic N) is 1. The summed E-state index contributed by atoms with van der Waals surface area (Å²) in [4.78, 5) is 14.5. The first-order chi connectivity index (χ1) is 15.5. The zero-order chi connectivity index (χ0) is 25.9. The molecule has 0 radical (unpaired) electrons. The molecule has 1 heterocycles. The van der Waals surface area contributed by atoms with E-state index >= 15 is 0 Å². The van der Waals surface area contributed by atoms with Crippen molar-refractivity contribution < 1.29 is 35.9 Å². The Bertz CT molecular complexity index is 828. The molecular formula is C24H32F6N2O2. The SMILES string of the molecule is C=CCC1CC(NCc2cc(C(F)(F)F)cc(C(F)(F)F)c2)CC(CC)N1C(=O)OC(C)(C)C. The van der Waals surface area contributed by atoms with Crippen LogP contribution in [0.4, 0.5) is 31.1 Å². The fourth-order valence-electron chi connectivity index (χ4n) is 4.21. The third-order valence-corrected chi connectivity index (χ3v) is 5.66. The van der Waals surface area contributed by atoms with E-state index in [1.54, 1.807) is 31.7 Å². The maximum absolute atomic E-state index is 13.2. The average molecular weight is 495 g/mol. The third kappa shape index (κ3) is 7.65. The lowest BCUT2D eigenvalue weighted by Gasteiger charge is -2.45. The number of carbonyl (C=O) groups is 1. The van der Waals surface area contributed by atoms with Crippen LogP contribution < -0.4 is 5.32 Å². The second kappa shape index (κ2) is 10.6. The molecule has 1 aromatic carbocycles. The van der Waals surface area contributed by atoms with E-state index in [-0.39, 0.29) is 36.3 Å². The van der Waals surface area contributed by atoms with Gasteiger partial charge in [0, 0.05) is 24.7 Å². The van der Waals surface area contributed by atoms with Crippen molar-refractivity contribution in [2.24, 2.45) is 0 Å². The van der Waals surface area contributed by atoms with Crippen molar-refractivity contribution in [3.05, 3.63) is 47.5 Å². The minimum atomic E-state index is -4.89. The molecule has 2 rings (SSSR count). The topological polar surface area (TPSA) is 41.6 Å². The maximum Gasteiger partial charge on any atom is 0.416 e. The first-order valence-corrected chi connectivity index (χ1v) is 11.2. The Hall–Kier alpha value is -2.23. The van der Waals surface area contributed by atoms with Gasteiger partial charge in [-0.3, -0.25) is 0 Å². The number of benzene rings is 1. The van der Waals surface area contributed by atoms with Crippen LogP contribution in [0, 0.1) is 0 Å². The first kappa shape index (κ1) is 28.0. The van der Waals surface area contributed by atoms with E-state index < -0.39 is 35.2 Å². The van der Waals surface area contributed by atoms with Crippen LogP contribution in [-0.4, -0.2) is 34.7 Å². The molecule has 1 aromatic rings. The number of hydrogen-bond acceptors (Lipinski definition) is 3. The van der Waals surface area contributed by atoms with Gasteiger partial charge in [-0.05, 0) is 70.2 Å². The van der Waals surface area contributed by atoms with Crippen LogP contribution in [0.25, 0.3) is 0 Å². The third-order valence-electron chi connectivity index (χ3n) is 5.66. The van der Waals surface area contributed by atoms with Gasteiger partial charge in [-0.15, -0.1) is 6.58 Å². The molecule has 0 bridgehead atoms. The summed E-state index contributed by atoms with van der Waals surface area (Å²) in [5, 5.41) is 3.11. The Labute approximate surface area is 196 Å². The number of rotatable bonds is 6. The van der Waals surface area contributed by atoms with Crippen molar-refractivity contribution >= 4 is 6.09 Å². The standard InChI is InChI=1S/C24H32F6N2O2/c1-6-8-20-13-18(12-19(7-2)32(20)21(33)34-22(3,4)5)31-14-15-9-16(23(25,26)27)11-17(10-15)24(28,29)30/h6,9-11,18-20,31H,1,7-8,12-14H2,2-5H3. The maximum atomic E-state index is 13.2. The minimum Gasteiger partial charge on any atom is -0.444 e. The van der Waals surface area contributed by atoms with Gasteiger partial charge in [0.1, 0.15) is 5.60 Å². The fourth-order valence-corrected chi connectivity index (χ4v) is 4.21. The van der Waals surface area contributed by atoms with E-state index in [0.29, 0.717) is 25.7 Å². The number of amides is 1. The summed E-state index contributed by atoms with van der Waals surface area (Å²) < 4.78 is 84.5. The van der Waals surface area contributed by atoms with Gasteiger partial charge in [-0.25, -0.2) is 4.79 Å². The molecule has 1 aliphatic heterocycles. The van der Waals surface area contributed by atoms with Crippen LogP contribution in [-0.2, 0) is 23.6 Å². The molecule has 1 saturated heterocycles. The molecular weight excluding hydrogens is 462 g/mol. The molecule has 0 saturated carbocycles. The Morgan fingerprint density at radius 1 is 1.06 bits per heavy atom. The lowest BCUT2D eigenvalue weighted by Crippen LogP contribution is -2.56. The first-order valence-electron chi connectivity index (χ1n) is 11.2. The molecule has 4 nitrogen and oxygen atoms in total. The van der Waals surface area contributed by atoms with Crippen LogP contribution in [0.3, 0.4) is 0 Å². The highest BCUT2D eigenvalue weighted by Gasteiger charge is 2.40. The normalized spacial score (nSPS) is 21.9. The van der Waals surface area contributed by atoms with Crippen molar-refractivity contribution in [1.29, 1.82) is 0 Å². The van der Waals surface area contributed by atoms with Crippen LogP contribution in [0.15, 0.2) is 30.9 Å². The fraction of sp³-hybridized carbons (Fsp3) is 0.625. The summed E-state index contributed by atoms with van der Waals surface area (Å²) in [7, 11) is 0. The zero-order valence-electron chi connectivity index (χ0n) is 19.8. The molecule has 0 aliphatic carbocycles. The zero-order valence-corrected chi connectivity index (χ0v) is 19.8. The van der Waals surface area contributed by atoms with Gasteiger partial charge in [0.15, 0.2) is 0 Å². The molecule has 0 aromatic heterocycles. The molecule has 1 amide bonds. The van der Waals surface area contributed by atoms with Gasteiger partial charge >= 0.3 is 18.4 Å². The number of ether oxygens (including phenoxy) is 1. The predicted molar refractivity (Wildman–Crippen MR) is 117 cm³/mol. The van der Waals surface area contributed by atoms with Gasteiger partial charge in [0.25, 0.3) is 0 Å².